The second-order valence-electron chi connectivity index (χ2n) is 3.95. The van der Waals surface area contributed by atoms with E-state index in [4.69, 9.17) is 15.3 Å². The molecule has 0 aliphatic rings. The number of anilines is 1. The Morgan fingerprint density at radius 3 is 2.67 bits per heavy atom. The molecule has 1 heterocycles. The zero-order valence-electron chi connectivity index (χ0n) is 10.1. The second kappa shape index (κ2) is 4.78. The van der Waals surface area contributed by atoms with Crippen molar-refractivity contribution in [2.45, 2.75) is 23.6 Å². The van der Waals surface area contributed by atoms with Gasteiger partial charge in [0, 0.05) is 10.6 Å². The number of nitrogens with two attached hydrogens (primary N) is 1. The lowest BCUT2D eigenvalue weighted by molar-refractivity contribution is 0.0697. The minimum Gasteiger partial charge on any atom is -0.478 e. The lowest BCUT2D eigenvalue weighted by atomic mass is 10.1. The van der Waals surface area contributed by atoms with Gasteiger partial charge in [0.25, 0.3) is 0 Å². The van der Waals surface area contributed by atoms with Crippen LogP contribution in [-0.2, 0) is 0 Å². The lowest BCUT2D eigenvalue weighted by Gasteiger charge is -2.08. The molecule has 0 spiro atoms. The molecule has 0 radical (unpaired) electrons. The monoisotopic (exact) mass is 263 g/mol. The van der Waals surface area contributed by atoms with E-state index in [0.717, 1.165) is 21.1 Å². The molecule has 5 heteroatoms. The van der Waals surface area contributed by atoms with Crippen LogP contribution in [0.5, 0.6) is 0 Å². The third-order valence-corrected chi connectivity index (χ3v) is 3.74. The number of aryl methyl sites for hydroxylation is 2. The maximum Gasteiger partial charge on any atom is 0.337 e. The van der Waals surface area contributed by atoms with Crippen LogP contribution < -0.4 is 5.73 Å². The van der Waals surface area contributed by atoms with E-state index in [9.17, 15) is 4.79 Å². The van der Waals surface area contributed by atoms with E-state index in [2.05, 4.69) is 0 Å². The topological polar surface area (TPSA) is 76.5 Å². The number of rotatable bonds is 3. The predicted octanol–water partition coefficient (Wildman–Crippen LogP) is 3.33. The largest absolute Gasteiger partial charge is 0.478 e. The lowest BCUT2D eigenvalue weighted by Crippen LogP contribution is -2.04. The number of hydrogen-bond acceptors (Lipinski definition) is 4. The third kappa shape index (κ3) is 2.36. The first kappa shape index (κ1) is 12.6. The fourth-order valence-corrected chi connectivity index (χ4v) is 2.59. The molecule has 2 aromatic rings. The van der Waals surface area contributed by atoms with E-state index in [1.54, 1.807) is 19.3 Å². The molecule has 0 aliphatic carbocycles. The van der Waals surface area contributed by atoms with Gasteiger partial charge < -0.3 is 15.3 Å². The minimum absolute atomic E-state index is 0.138. The molecule has 0 saturated heterocycles. The zero-order chi connectivity index (χ0) is 13.3. The molecular weight excluding hydrogens is 250 g/mol. The molecule has 0 atom stereocenters. The summed E-state index contributed by atoms with van der Waals surface area (Å²) >= 11 is 1.46. The van der Waals surface area contributed by atoms with Crippen molar-refractivity contribution in [2.24, 2.45) is 0 Å². The fraction of sp³-hybridized carbons (Fsp3) is 0.154. The van der Waals surface area contributed by atoms with Crippen molar-refractivity contribution in [2.75, 3.05) is 5.73 Å². The summed E-state index contributed by atoms with van der Waals surface area (Å²) in [5.74, 6) is -0.201. The summed E-state index contributed by atoms with van der Waals surface area (Å²) in [5.41, 5.74) is 6.96. The molecule has 0 saturated carbocycles. The Balaban J connectivity index is 2.41. The quantitative estimate of drug-likeness (QED) is 0.831. The number of aromatic carboxylic acids is 1. The van der Waals surface area contributed by atoms with Gasteiger partial charge in [0.1, 0.15) is 5.76 Å². The minimum atomic E-state index is -1.01. The molecular formula is C13H13NO3S. The average Bonchev–Trinajstić information content (AvgIpc) is 2.69. The highest BCUT2D eigenvalue weighted by Crippen LogP contribution is 2.33. The number of nitrogen functional groups attached to an aromatic ring is 1. The van der Waals surface area contributed by atoms with Gasteiger partial charge in [-0.25, -0.2) is 4.79 Å². The fourth-order valence-electron chi connectivity index (χ4n) is 1.61. The standard InChI is InChI=1S/C13H13NO3S/c1-7-5-9(6-10(12(7)14)13(15)16)18-11-3-4-17-8(11)2/h3-6H,14H2,1-2H3,(H,15,16). The zero-order valence-corrected chi connectivity index (χ0v) is 10.9. The van der Waals surface area contributed by atoms with Crippen LogP contribution in [0.2, 0.25) is 0 Å². The maximum absolute atomic E-state index is 11.1. The normalized spacial score (nSPS) is 10.6. The summed E-state index contributed by atoms with van der Waals surface area (Å²) in [4.78, 5) is 12.9. The Hall–Kier alpha value is -1.88. The Kier molecular flexibility index (Phi) is 3.34. The van der Waals surface area contributed by atoms with Crippen LogP contribution in [0.25, 0.3) is 0 Å². The summed E-state index contributed by atoms with van der Waals surface area (Å²) < 4.78 is 5.21. The molecule has 94 valence electrons. The van der Waals surface area contributed by atoms with Gasteiger partial charge in [0.2, 0.25) is 0 Å². The van der Waals surface area contributed by atoms with Crippen LogP contribution in [0.1, 0.15) is 21.7 Å². The number of carbonyl (C=O) groups is 1. The highest BCUT2D eigenvalue weighted by atomic mass is 32.2. The second-order valence-corrected chi connectivity index (χ2v) is 5.07. The van der Waals surface area contributed by atoms with Crippen molar-refractivity contribution in [3.8, 4) is 0 Å². The molecule has 0 unspecified atom stereocenters. The number of carboxylic acids is 1. The van der Waals surface area contributed by atoms with Gasteiger partial charge in [-0.3, -0.25) is 0 Å². The van der Waals surface area contributed by atoms with Gasteiger partial charge >= 0.3 is 5.97 Å². The van der Waals surface area contributed by atoms with E-state index in [0.29, 0.717) is 5.69 Å². The van der Waals surface area contributed by atoms with E-state index < -0.39 is 5.97 Å². The van der Waals surface area contributed by atoms with Crippen LogP contribution >= 0.6 is 11.8 Å². The number of hydrogen-bond donors (Lipinski definition) is 2. The summed E-state index contributed by atoms with van der Waals surface area (Å²) in [6.45, 7) is 3.67. The SMILES string of the molecule is Cc1cc(Sc2ccoc2C)cc(C(=O)O)c1N. The predicted molar refractivity (Wildman–Crippen MR) is 70.1 cm³/mol. The maximum atomic E-state index is 11.1. The first-order valence-electron chi connectivity index (χ1n) is 5.34. The van der Waals surface area contributed by atoms with E-state index >= 15 is 0 Å². The molecule has 3 N–H and O–H groups in total. The van der Waals surface area contributed by atoms with Crippen LogP contribution in [0.4, 0.5) is 5.69 Å². The first-order valence-corrected chi connectivity index (χ1v) is 6.16. The summed E-state index contributed by atoms with van der Waals surface area (Å²) in [7, 11) is 0. The molecule has 1 aromatic carbocycles. The first-order chi connectivity index (χ1) is 8.49. The van der Waals surface area contributed by atoms with Crippen molar-refractivity contribution >= 4 is 23.4 Å². The highest BCUT2D eigenvalue weighted by molar-refractivity contribution is 7.99. The van der Waals surface area contributed by atoms with Gasteiger partial charge in [-0.2, -0.15) is 0 Å². The Labute approximate surface area is 109 Å². The Morgan fingerprint density at radius 1 is 1.39 bits per heavy atom. The molecule has 4 nitrogen and oxygen atoms in total. The van der Waals surface area contributed by atoms with Crippen LogP contribution in [-0.4, -0.2) is 11.1 Å². The average molecular weight is 263 g/mol. The van der Waals surface area contributed by atoms with Crippen molar-refractivity contribution in [1.29, 1.82) is 0 Å². The number of carboxylic acid groups (broad SMARTS) is 1. The molecule has 0 amide bonds. The van der Waals surface area contributed by atoms with Crippen molar-refractivity contribution < 1.29 is 14.3 Å². The van der Waals surface area contributed by atoms with Crippen LogP contribution in [0, 0.1) is 13.8 Å². The highest BCUT2D eigenvalue weighted by Gasteiger charge is 2.13. The number of furan rings is 1. The smallest absolute Gasteiger partial charge is 0.337 e. The molecule has 1 aromatic heterocycles. The van der Waals surface area contributed by atoms with E-state index in [1.165, 1.54) is 11.8 Å². The van der Waals surface area contributed by atoms with Gasteiger partial charge in [0.15, 0.2) is 0 Å². The van der Waals surface area contributed by atoms with Crippen molar-refractivity contribution in [1.82, 2.24) is 0 Å². The molecule has 2 rings (SSSR count). The van der Waals surface area contributed by atoms with Gasteiger partial charge in [0.05, 0.1) is 16.7 Å². The summed E-state index contributed by atoms with van der Waals surface area (Å²) in [6.07, 6.45) is 1.61. The van der Waals surface area contributed by atoms with Gasteiger partial charge in [-0.15, -0.1) is 0 Å². The Morgan fingerprint density at radius 2 is 2.11 bits per heavy atom. The molecule has 0 bridgehead atoms. The molecule has 0 aliphatic heterocycles. The summed E-state index contributed by atoms with van der Waals surface area (Å²) in [5, 5.41) is 9.09. The molecule has 0 fully saturated rings. The third-order valence-electron chi connectivity index (χ3n) is 2.63. The van der Waals surface area contributed by atoms with E-state index in [-0.39, 0.29) is 5.56 Å². The Bertz CT molecular complexity index is 604. The van der Waals surface area contributed by atoms with Crippen molar-refractivity contribution in [3.05, 3.63) is 41.3 Å². The van der Waals surface area contributed by atoms with Crippen LogP contribution in [0.3, 0.4) is 0 Å². The molecule has 18 heavy (non-hydrogen) atoms. The number of benzene rings is 1. The van der Waals surface area contributed by atoms with E-state index in [1.807, 2.05) is 19.1 Å². The van der Waals surface area contributed by atoms with Crippen molar-refractivity contribution in [3.63, 3.8) is 0 Å². The summed E-state index contributed by atoms with van der Waals surface area (Å²) in [6, 6.07) is 5.31. The van der Waals surface area contributed by atoms with Gasteiger partial charge in [-0.05, 0) is 37.6 Å². The van der Waals surface area contributed by atoms with Crippen LogP contribution in [0.15, 0.2) is 38.7 Å². The van der Waals surface area contributed by atoms with Gasteiger partial charge in [-0.1, -0.05) is 11.8 Å².